The van der Waals surface area contributed by atoms with Gasteiger partial charge in [0, 0.05) is 19.1 Å². The van der Waals surface area contributed by atoms with E-state index in [4.69, 9.17) is 5.73 Å². The summed E-state index contributed by atoms with van der Waals surface area (Å²) < 4.78 is 0. The molecule has 74 valence electrons. The van der Waals surface area contributed by atoms with Crippen molar-refractivity contribution in [3.8, 4) is 0 Å². The first-order valence-corrected chi connectivity index (χ1v) is 5.31. The number of likely N-dealkylation sites (tertiary alicyclic amines) is 1. The van der Waals surface area contributed by atoms with Crippen molar-refractivity contribution in [2.45, 2.75) is 38.1 Å². The average molecular weight is 182 g/mol. The van der Waals surface area contributed by atoms with Gasteiger partial charge in [-0.1, -0.05) is 19.3 Å². The van der Waals surface area contributed by atoms with E-state index in [0.29, 0.717) is 0 Å². The van der Waals surface area contributed by atoms with Gasteiger partial charge < -0.3 is 5.73 Å². The number of hydrogen-bond donors (Lipinski definition) is 1. The maximum atomic E-state index is 10.8. The molecule has 0 aromatic rings. The number of nitrogens with two attached hydrogens (primary N) is 1. The Morgan fingerprint density at radius 1 is 1.15 bits per heavy atom. The number of hydrogen-bond acceptors (Lipinski definition) is 2. The number of amides is 1. The highest BCUT2D eigenvalue weighted by Crippen LogP contribution is 2.28. The van der Waals surface area contributed by atoms with Crippen LogP contribution >= 0.6 is 0 Å². The second-order valence-corrected chi connectivity index (χ2v) is 4.35. The van der Waals surface area contributed by atoms with Crippen LogP contribution < -0.4 is 5.73 Å². The lowest BCUT2D eigenvalue weighted by atomic mass is 9.89. The van der Waals surface area contributed by atoms with E-state index >= 15 is 0 Å². The highest BCUT2D eigenvalue weighted by atomic mass is 16.1. The lowest BCUT2D eigenvalue weighted by Crippen LogP contribution is -2.56. The van der Waals surface area contributed by atoms with Crippen LogP contribution in [0.4, 0.5) is 0 Å². The Hall–Kier alpha value is -0.570. The molecular formula is C10H18N2O. The third kappa shape index (κ3) is 1.85. The van der Waals surface area contributed by atoms with Gasteiger partial charge in [-0.05, 0) is 12.8 Å². The molecule has 2 N–H and O–H groups in total. The average Bonchev–Trinajstić information content (AvgIpc) is 2.02. The molecule has 1 saturated heterocycles. The van der Waals surface area contributed by atoms with Gasteiger partial charge in [-0.3, -0.25) is 9.69 Å². The molecule has 1 saturated carbocycles. The summed E-state index contributed by atoms with van der Waals surface area (Å²) in [5.41, 5.74) is 5.22. The lowest BCUT2D eigenvalue weighted by Gasteiger charge is -2.44. The van der Waals surface area contributed by atoms with Crippen molar-refractivity contribution in [2.75, 3.05) is 13.1 Å². The number of carbonyl (C=O) groups is 1. The largest absolute Gasteiger partial charge is 0.369 e. The van der Waals surface area contributed by atoms with Crippen LogP contribution in [0.25, 0.3) is 0 Å². The van der Waals surface area contributed by atoms with Gasteiger partial charge in [0.2, 0.25) is 5.91 Å². The first-order chi connectivity index (χ1) is 6.27. The van der Waals surface area contributed by atoms with Gasteiger partial charge in [0.25, 0.3) is 0 Å². The Bertz CT molecular complexity index is 193. The Morgan fingerprint density at radius 3 is 2.31 bits per heavy atom. The van der Waals surface area contributed by atoms with Gasteiger partial charge in [-0.25, -0.2) is 0 Å². The van der Waals surface area contributed by atoms with Crippen molar-refractivity contribution < 1.29 is 4.79 Å². The monoisotopic (exact) mass is 182 g/mol. The molecule has 0 aromatic carbocycles. The molecular weight excluding hydrogens is 164 g/mol. The van der Waals surface area contributed by atoms with Gasteiger partial charge in [0.1, 0.15) is 0 Å². The van der Waals surface area contributed by atoms with Crippen molar-refractivity contribution in [3.63, 3.8) is 0 Å². The van der Waals surface area contributed by atoms with Crippen molar-refractivity contribution in [1.29, 1.82) is 0 Å². The molecule has 1 amide bonds. The molecule has 1 aliphatic heterocycles. The van der Waals surface area contributed by atoms with Crippen LogP contribution in [-0.2, 0) is 4.79 Å². The topological polar surface area (TPSA) is 46.3 Å². The Morgan fingerprint density at radius 2 is 1.77 bits per heavy atom. The Labute approximate surface area is 79.3 Å². The van der Waals surface area contributed by atoms with Gasteiger partial charge in [0.05, 0.1) is 5.92 Å². The zero-order chi connectivity index (χ0) is 9.26. The Balaban J connectivity index is 1.75. The smallest absolute Gasteiger partial charge is 0.223 e. The second kappa shape index (κ2) is 3.66. The van der Waals surface area contributed by atoms with Crippen molar-refractivity contribution >= 4 is 5.91 Å². The minimum absolute atomic E-state index is 0.118. The molecule has 0 atom stereocenters. The summed E-state index contributed by atoms with van der Waals surface area (Å²) in [6.07, 6.45) is 6.77. The number of carbonyl (C=O) groups excluding carboxylic acids is 1. The van der Waals surface area contributed by atoms with Crippen LogP contribution in [0.15, 0.2) is 0 Å². The molecule has 13 heavy (non-hydrogen) atoms. The van der Waals surface area contributed by atoms with E-state index in [1.165, 1.54) is 32.1 Å². The summed E-state index contributed by atoms with van der Waals surface area (Å²) in [7, 11) is 0. The summed E-state index contributed by atoms with van der Waals surface area (Å²) in [5.74, 6) is 0.0222. The highest BCUT2D eigenvalue weighted by molar-refractivity contribution is 5.78. The van der Waals surface area contributed by atoms with E-state index in [-0.39, 0.29) is 11.8 Å². The maximum Gasteiger partial charge on any atom is 0.223 e. The molecule has 1 aliphatic carbocycles. The standard InChI is InChI=1S/C10H18N2O/c11-10(13)8-6-12(7-8)9-4-2-1-3-5-9/h8-9H,1-7H2,(H2,11,13). The number of nitrogens with zero attached hydrogens (tertiary/aromatic N) is 1. The molecule has 0 aromatic heterocycles. The predicted molar refractivity (Wildman–Crippen MR) is 51.1 cm³/mol. The normalized spacial score (nSPS) is 27.1. The van der Waals surface area contributed by atoms with Gasteiger partial charge in [0.15, 0.2) is 0 Å². The fraction of sp³-hybridized carbons (Fsp3) is 0.900. The molecule has 0 unspecified atom stereocenters. The predicted octanol–water partition coefficient (Wildman–Crippen LogP) is 0.736. The zero-order valence-corrected chi connectivity index (χ0v) is 8.04. The molecule has 3 nitrogen and oxygen atoms in total. The minimum atomic E-state index is -0.118. The highest BCUT2D eigenvalue weighted by Gasteiger charge is 2.35. The molecule has 1 heterocycles. The second-order valence-electron chi connectivity index (χ2n) is 4.35. The third-order valence-corrected chi connectivity index (χ3v) is 3.40. The van der Waals surface area contributed by atoms with E-state index < -0.39 is 0 Å². The van der Waals surface area contributed by atoms with E-state index in [9.17, 15) is 4.79 Å². The van der Waals surface area contributed by atoms with E-state index in [0.717, 1.165) is 19.1 Å². The van der Waals surface area contributed by atoms with Gasteiger partial charge in [-0.15, -0.1) is 0 Å². The molecule has 2 rings (SSSR count). The first kappa shape index (κ1) is 9.00. The number of primary amides is 1. The van der Waals surface area contributed by atoms with Crippen molar-refractivity contribution in [2.24, 2.45) is 11.7 Å². The van der Waals surface area contributed by atoms with Crippen LogP contribution in [-0.4, -0.2) is 29.9 Å². The van der Waals surface area contributed by atoms with Crippen LogP contribution in [0.3, 0.4) is 0 Å². The summed E-state index contributed by atoms with van der Waals surface area (Å²) in [5, 5.41) is 0. The molecule has 0 spiro atoms. The first-order valence-electron chi connectivity index (χ1n) is 5.31. The molecule has 0 bridgehead atoms. The van der Waals surface area contributed by atoms with Gasteiger partial charge >= 0.3 is 0 Å². The van der Waals surface area contributed by atoms with Crippen molar-refractivity contribution in [1.82, 2.24) is 4.90 Å². The lowest BCUT2D eigenvalue weighted by molar-refractivity contribution is -0.128. The summed E-state index contributed by atoms with van der Waals surface area (Å²) >= 11 is 0. The fourth-order valence-corrected chi connectivity index (χ4v) is 2.44. The third-order valence-electron chi connectivity index (χ3n) is 3.40. The zero-order valence-electron chi connectivity index (χ0n) is 8.04. The summed E-state index contributed by atoms with van der Waals surface area (Å²) in [6.45, 7) is 1.83. The molecule has 3 heteroatoms. The molecule has 2 aliphatic rings. The summed E-state index contributed by atoms with van der Waals surface area (Å²) in [4.78, 5) is 13.2. The SMILES string of the molecule is NC(=O)C1CN(C2CCCCC2)C1. The fourth-order valence-electron chi connectivity index (χ4n) is 2.44. The summed E-state index contributed by atoms with van der Waals surface area (Å²) in [6, 6.07) is 0.754. The van der Waals surface area contributed by atoms with E-state index in [2.05, 4.69) is 4.90 Å². The van der Waals surface area contributed by atoms with Crippen LogP contribution in [0.2, 0.25) is 0 Å². The van der Waals surface area contributed by atoms with Crippen molar-refractivity contribution in [3.05, 3.63) is 0 Å². The van der Waals surface area contributed by atoms with Crippen LogP contribution in [0, 0.1) is 5.92 Å². The Kier molecular flexibility index (Phi) is 2.54. The van der Waals surface area contributed by atoms with E-state index in [1.807, 2.05) is 0 Å². The number of rotatable bonds is 2. The maximum absolute atomic E-state index is 10.8. The minimum Gasteiger partial charge on any atom is -0.369 e. The van der Waals surface area contributed by atoms with E-state index in [1.54, 1.807) is 0 Å². The molecule has 0 radical (unpaired) electrons. The van der Waals surface area contributed by atoms with Crippen LogP contribution in [0.5, 0.6) is 0 Å². The van der Waals surface area contributed by atoms with Crippen LogP contribution in [0.1, 0.15) is 32.1 Å². The van der Waals surface area contributed by atoms with Gasteiger partial charge in [-0.2, -0.15) is 0 Å². The molecule has 2 fully saturated rings. The quantitative estimate of drug-likeness (QED) is 0.684.